The van der Waals surface area contributed by atoms with E-state index in [0.29, 0.717) is 39.1 Å². The second-order valence-corrected chi connectivity index (χ2v) is 6.32. The Kier molecular flexibility index (Phi) is 7.63. The first-order valence-corrected chi connectivity index (χ1v) is 9.04. The third kappa shape index (κ3) is 5.99. The first-order chi connectivity index (χ1) is 12.1. The molecule has 0 aromatic carbocycles. The van der Waals surface area contributed by atoms with E-state index in [1.165, 1.54) is 25.1 Å². The molecule has 0 spiro atoms. The number of hydrogen-bond acceptors (Lipinski definition) is 3. The van der Waals surface area contributed by atoms with Crippen LogP contribution in [0.1, 0.15) is 49.4 Å². The summed E-state index contributed by atoms with van der Waals surface area (Å²) in [5.41, 5.74) is 0.244. The Bertz CT molecular complexity index is 582. The van der Waals surface area contributed by atoms with Gasteiger partial charge in [-0.1, -0.05) is 26.2 Å². The van der Waals surface area contributed by atoms with Crippen molar-refractivity contribution in [2.75, 3.05) is 32.7 Å². The number of rotatable bonds is 6. The van der Waals surface area contributed by atoms with Gasteiger partial charge in [-0.15, -0.1) is 0 Å². The summed E-state index contributed by atoms with van der Waals surface area (Å²) in [6.45, 7) is 4.94. The van der Waals surface area contributed by atoms with Gasteiger partial charge in [-0.05, 0) is 18.9 Å². The average molecular weight is 350 g/mol. The van der Waals surface area contributed by atoms with E-state index < -0.39 is 5.82 Å². The number of carbonyl (C=O) groups is 2. The number of nitrogens with zero attached hydrogens (tertiary/aromatic N) is 3. The zero-order chi connectivity index (χ0) is 18.1. The van der Waals surface area contributed by atoms with Crippen molar-refractivity contribution in [2.45, 2.75) is 39.0 Å². The minimum absolute atomic E-state index is 0.0711. The topological polar surface area (TPSA) is 65.5 Å². The molecule has 1 aliphatic rings. The number of amides is 3. The number of nitrogens with one attached hydrogen (secondary N) is 1. The summed E-state index contributed by atoms with van der Waals surface area (Å²) in [6.07, 6.45) is 7.63. The van der Waals surface area contributed by atoms with Crippen LogP contribution in [0.5, 0.6) is 0 Å². The van der Waals surface area contributed by atoms with Crippen molar-refractivity contribution in [1.29, 1.82) is 0 Å². The largest absolute Gasteiger partial charge is 0.338 e. The van der Waals surface area contributed by atoms with Crippen LogP contribution in [0, 0.1) is 5.82 Å². The lowest BCUT2D eigenvalue weighted by molar-refractivity contribution is 0.0761. The third-order valence-electron chi connectivity index (χ3n) is 4.33. The minimum atomic E-state index is -0.523. The van der Waals surface area contributed by atoms with E-state index in [0.717, 1.165) is 19.0 Å². The predicted molar refractivity (Wildman–Crippen MR) is 93.8 cm³/mol. The van der Waals surface area contributed by atoms with Crippen molar-refractivity contribution in [3.8, 4) is 0 Å². The molecule has 0 atom stereocenters. The Hall–Kier alpha value is -2.18. The Morgan fingerprint density at radius 2 is 1.88 bits per heavy atom. The molecule has 2 heterocycles. The van der Waals surface area contributed by atoms with Crippen molar-refractivity contribution in [1.82, 2.24) is 20.1 Å². The quantitative estimate of drug-likeness (QED) is 0.802. The molecule has 1 aromatic rings. The molecule has 1 aromatic heterocycles. The Labute approximate surface area is 148 Å². The summed E-state index contributed by atoms with van der Waals surface area (Å²) in [5.74, 6) is -0.765. The van der Waals surface area contributed by atoms with Gasteiger partial charge in [0.2, 0.25) is 0 Å². The molecule has 2 rings (SSSR count). The van der Waals surface area contributed by atoms with Crippen LogP contribution in [0.25, 0.3) is 0 Å². The standard InChI is InChI=1S/C18H27FN4O2/c1-2-3-4-5-7-21-18(25)23-9-6-8-22(10-11-23)17(24)15-12-16(19)14-20-13-15/h12-14H,2-11H2,1H3,(H,21,25). The first-order valence-electron chi connectivity index (χ1n) is 9.04. The molecule has 0 unspecified atom stereocenters. The van der Waals surface area contributed by atoms with Gasteiger partial charge in [-0.25, -0.2) is 9.18 Å². The third-order valence-corrected chi connectivity index (χ3v) is 4.33. The molecular weight excluding hydrogens is 323 g/mol. The summed E-state index contributed by atoms with van der Waals surface area (Å²) in [7, 11) is 0. The molecule has 1 N–H and O–H groups in total. The molecule has 6 nitrogen and oxygen atoms in total. The zero-order valence-corrected chi connectivity index (χ0v) is 14.8. The number of carbonyl (C=O) groups excluding carboxylic acids is 2. The highest BCUT2D eigenvalue weighted by atomic mass is 19.1. The average Bonchev–Trinajstić information content (AvgIpc) is 2.87. The molecule has 138 valence electrons. The fraction of sp³-hybridized carbons (Fsp3) is 0.611. The van der Waals surface area contributed by atoms with Gasteiger partial charge >= 0.3 is 6.03 Å². The molecule has 1 aliphatic heterocycles. The molecule has 0 aliphatic carbocycles. The number of aromatic nitrogens is 1. The lowest BCUT2D eigenvalue weighted by atomic mass is 10.2. The Balaban J connectivity index is 1.81. The van der Waals surface area contributed by atoms with Gasteiger partial charge in [0.15, 0.2) is 0 Å². The highest BCUT2D eigenvalue weighted by Gasteiger charge is 2.23. The van der Waals surface area contributed by atoms with Gasteiger partial charge < -0.3 is 15.1 Å². The summed E-state index contributed by atoms with van der Waals surface area (Å²) in [6, 6.07) is 1.12. The van der Waals surface area contributed by atoms with Gasteiger partial charge in [0.1, 0.15) is 5.82 Å². The number of pyridine rings is 1. The summed E-state index contributed by atoms with van der Waals surface area (Å²) < 4.78 is 13.2. The summed E-state index contributed by atoms with van der Waals surface area (Å²) >= 11 is 0. The second-order valence-electron chi connectivity index (χ2n) is 6.32. The fourth-order valence-electron chi connectivity index (χ4n) is 2.89. The van der Waals surface area contributed by atoms with Crippen LogP contribution in [0.2, 0.25) is 0 Å². The summed E-state index contributed by atoms with van der Waals surface area (Å²) in [5, 5.41) is 2.95. The Morgan fingerprint density at radius 3 is 2.64 bits per heavy atom. The van der Waals surface area contributed by atoms with E-state index in [1.54, 1.807) is 9.80 Å². The van der Waals surface area contributed by atoms with E-state index in [1.807, 2.05) is 0 Å². The molecule has 25 heavy (non-hydrogen) atoms. The van der Waals surface area contributed by atoms with E-state index in [2.05, 4.69) is 17.2 Å². The van der Waals surface area contributed by atoms with E-state index >= 15 is 0 Å². The van der Waals surface area contributed by atoms with Gasteiger partial charge in [0.25, 0.3) is 5.91 Å². The van der Waals surface area contributed by atoms with Crippen LogP contribution in [-0.4, -0.2) is 59.4 Å². The van der Waals surface area contributed by atoms with Gasteiger partial charge in [0.05, 0.1) is 11.8 Å². The van der Waals surface area contributed by atoms with Gasteiger partial charge in [-0.2, -0.15) is 0 Å². The smallest absolute Gasteiger partial charge is 0.317 e. The highest BCUT2D eigenvalue weighted by Crippen LogP contribution is 2.10. The maximum Gasteiger partial charge on any atom is 0.317 e. The van der Waals surface area contributed by atoms with Crippen LogP contribution >= 0.6 is 0 Å². The molecule has 1 fully saturated rings. The van der Waals surface area contributed by atoms with Gasteiger partial charge in [0, 0.05) is 38.9 Å². The lowest BCUT2D eigenvalue weighted by Gasteiger charge is -2.22. The van der Waals surface area contributed by atoms with Crippen LogP contribution in [0.3, 0.4) is 0 Å². The molecular formula is C18H27FN4O2. The second kappa shape index (κ2) is 9.96. The summed E-state index contributed by atoms with van der Waals surface area (Å²) in [4.78, 5) is 31.8. The molecule has 7 heteroatoms. The van der Waals surface area contributed by atoms with Crippen molar-refractivity contribution in [3.63, 3.8) is 0 Å². The lowest BCUT2D eigenvalue weighted by Crippen LogP contribution is -2.42. The number of hydrogen-bond donors (Lipinski definition) is 1. The van der Waals surface area contributed by atoms with E-state index in [4.69, 9.17) is 0 Å². The van der Waals surface area contributed by atoms with Crippen molar-refractivity contribution >= 4 is 11.9 Å². The maximum absolute atomic E-state index is 13.2. The van der Waals surface area contributed by atoms with E-state index in [9.17, 15) is 14.0 Å². The van der Waals surface area contributed by atoms with Crippen LogP contribution in [0.15, 0.2) is 18.5 Å². The van der Waals surface area contributed by atoms with E-state index in [-0.39, 0.29) is 17.5 Å². The fourth-order valence-corrected chi connectivity index (χ4v) is 2.89. The van der Waals surface area contributed by atoms with Crippen molar-refractivity contribution in [2.24, 2.45) is 0 Å². The monoisotopic (exact) mass is 350 g/mol. The predicted octanol–water partition coefficient (Wildman–Crippen LogP) is 2.66. The zero-order valence-electron chi connectivity index (χ0n) is 14.8. The number of urea groups is 1. The van der Waals surface area contributed by atoms with Crippen molar-refractivity contribution in [3.05, 3.63) is 29.8 Å². The normalized spacial score (nSPS) is 15.0. The van der Waals surface area contributed by atoms with Gasteiger partial charge in [-0.3, -0.25) is 9.78 Å². The SMILES string of the molecule is CCCCCCNC(=O)N1CCCN(C(=O)c2cncc(F)c2)CC1. The van der Waals surface area contributed by atoms with Crippen LogP contribution in [0.4, 0.5) is 9.18 Å². The number of unbranched alkanes of at least 4 members (excludes halogenated alkanes) is 3. The number of halogens is 1. The molecule has 0 bridgehead atoms. The van der Waals surface area contributed by atoms with Crippen LogP contribution in [-0.2, 0) is 0 Å². The molecule has 3 amide bonds. The van der Waals surface area contributed by atoms with Crippen LogP contribution < -0.4 is 5.32 Å². The minimum Gasteiger partial charge on any atom is -0.338 e. The Morgan fingerprint density at radius 1 is 1.12 bits per heavy atom. The molecule has 0 radical (unpaired) electrons. The maximum atomic E-state index is 13.2. The highest BCUT2D eigenvalue weighted by molar-refractivity contribution is 5.94. The molecule has 1 saturated heterocycles. The first kappa shape index (κ1) is 19.1. The molecule has 0 saturated carbocycles. The van der Waals surface area contributed by atoms with Crippen molar-refractivity contribution < 1.29 is 14.0 Å².